The number of aromatic nitrogens is 1. The van der Waals surface area contributed by atoms with Gasteiger partial charge >= 0.3 is 5.97 Å². The molecule has 0 amide bonds. The van der Waals surface area contributed by atoms with Gasteiger partial charge in [-0.1, -0.05) is 24.3 Å². The summed E-state index contributed by atoms with van der Waals surface area (Å²) in [5, 5.41) is 21.3. The molecule has 1 aromatic heterocycles. The fourth-order valence-corrected chi connectivity index (χ4v) is 5.21. The third-order valence-electron chi connectivity index (χ3n) is 4.83. The zero-order chi connectivity index (χ0) is 22.2. The second-order valence-electron chi connectivity index (χ2n) is 6.89. The molecule has 12 heteroatoms. The molecule has 2 heterocycles. The van der Waals surface area contributed by atoms with E-state index in [0.717, 1.165) is 16.4 Å². The number of benzene rings is 2. The molecular formula is C19H17N3O8S. The fraction of sp³-hybridized carbons (Fsp3) is 0.263. The summed E-state index contributed by atoms with van der Waals surface area (Å²) >= 11 is 0. The number of hydrogen-bond acceptors (Lipinski definition) is 9. The molecule has 0 aliphatic carbocycles. The van der Waals surface area contributed by atoms with E-state index >= 15 is 0 Å². The van der Waals surface area contributed by atoms with E-state index in [0.29, 0.717) is 11.1 Å². The summed E-state index contributed by atoms with van der Waals surface area (Å²) in [4.78, 5) is 26.7. The highest BCUT2D eigenvalue weighted by molar-refractivity contribution is 7.89. The van der Waals surface area contributed by atoms with Crippen molar-refractivity contribution in [3.8, 4) is 0 Å². The Kier molecular flexibility index (Phi) is 5.43. The lowest BCUT2D eigenvalue weighted by Crippen LogP contribution is -2.41. The van der Waals surface area contributed by atoms with Gasteiger partial charge in [0.1, 0.15) is 11.6 Å². The van der Waals surface area contributed by atoms with Gasteiger partial charge in [0.15, 0.2) is 17.1 Å². The van der Waals surface area contributed by atoms with Gasteiger partial charge in [0.2, 0.25) is 5.89 Å². The maximum absolute atomic E-state index is 13.1. The van der Waals surface area contributed by atoms with E-state index in [1.807, 2.05) is 0 Å². The molecule has 1 saturated heterocycles. The Morgan fingerprint density at radius 1 is 1.26 bits per heavy atom. The first-order valence-corrected chi connectivity index (χ1v) is 10.7. The highest BCUT2D eigenvalue weighted by Crippen LogP contribution is 2.32. The predicted octanol–water partition coefficient (Wildman–Crippen LogP) is 1.60. The number of carbonyl (C=O) groups excluding carboxylic acids is 1. The monoisotopic (exact) mass is 447 g/mol. The number of hydrogen-bond donors (Lipinski definition) is 1. The number of aliphatic hydroxyl groups is 1. The number of sulfonamides is 1. The van der Waals surface area contributed by atoms with Crippen molar-refractivity contribution in [2.45, 2.75) is 30.1 Å². The Labute approximate surface area is 176 Å². The first-order valence-electron chi connectivity index (χ1n) is 9.22. The van der Waals surface area contributed by atoms with Crippen LogP contribution in [0.2, 0.25) is 0 Å². The van der Waals surface area contributed by atoms with Gasteiger partial charge < -0.3 is 14.3 Å². The van der Waals surface area contributed by atoms with Crippen LogP contribution in [-0.2, 0) is 26.2 Å². The quantitative estimate of drug-likeness (QED) is 0.337. The zero-order valence-electron chi connectivity index (χ0n) is 15.9. The second kappa shape index (κ2) is 8.06. The number of fused-ring (bicyclic) bond motifs is 1. The van der Waals surface area contributed by atoms with E-state index in [4.69, 9.17) is 9.15 Å². The van der Waals surface area contributed by atoms with Crippen molar-refractivity contribution in [2.75, 3.05) is 6.54 Å². The number of carbonyl (C=O) groups is 1. The lowest BCUT2D eigenvalue weighted by Gasteiger charge is -2.22. The summed E-state index contributed by atoms with van der Waals surface area (Å²) in [7, 11) is -4.45. The van der Waals surface area contributed by atoms with E-state index in [2.05, 4.69) is 4.98 Å². The topological polar surface area (TPSA) is 153 Å². The molecule has 0 saturated carbocycles. The molecule has 1 N–H and O–H groups in total. The number of ether oxygens (including phenoxy) is 1. The van der Waals surface area contributed by atoms with Crippen LogP contribution in [0.5, 0.6) is 0 Å². The third-order valence-corrected chi connectivity index (χ3v) is 6.75. The Hall–Kier alpha value is -3.35. The molecule has 4 rings (SSSR count). The minimum atomic E-state index is -4.45. The highest BCUT2D eigenvalue weighted by Gasteiger charge is 2.46. The fourth-order valence-electron chi connectivity index (χ4n) is 3.43. The standard InChI is InChI=1S/C19H17N3O8S/c23-12-9-15(19(24)29-11-18-20-13-5-1-3-7-16(13)30-18)21(10-12)31(27,28)17-8-4-2-6-14(17)22(25)26/h1-8,12,15,23H,9-11H2. The van der Waals surface area contributed by atoms with Crippen molar-refractivity contribution in [1.82, 2.24) is 9.29 Å². The SMILES string of the molecule is O=C(OCc1nc2ccccc2o1)C1CC(O)CN1S(=O)(=O)c1ccccc1[N+](=O)[O-]. The van der Waals surface area contributed by atoms with Crippen LogP contribution in [0.15, 0.2) is 57.8 Å². The number of esters is 1. The van der Waals surface area contributed by atoms with Crippen molar-refractivity contribution in [3.05, 3.63) is 64.5 Å². The number of para-hydroxylation sites is 3. The van der Waals surface area contributed by atoms with E-state index < -0.39 is 50.2 Å². The van der Waals surface area contributed by atoms with Crippen molar-refractivity contribution in [3.63, 3.8) is 0 Å². The summed E-state index contributed by atoms with van der Waals surface area (Å²) in [5.74, 6) is -0.790. The molecule has 0 spiro atoms. The number of rotatable bonds is 6. The van der Waals surface area contributed by atoms with Gasteiger partial charge in [0, 0.05) is 19.0 Å². The van der Waals surface area contributed by atoms with Gasteiger partial charge in [-0.3, -0.25) is 14.9 Å². The average molecular weight is 447 g/mol. The molecule has 31 heavy (non-hydrogen) atoms. The van der Waals surface area contributed by atoms with Crippen LogP contribution in [0.3, 0.4) is 0 Å². The van der Waals surface area contributed by atoms with Crippen molar-refractivity contribution >= 4 is 32.8 Å². The first kappa shape index (κ1) is 20.9. The number of nitrogens with zero attached hydrogens (tertiary/aromatic N) is 3. The Bertz CT molecular complexity index is 1220. The second-order valence-corrected chi connectivity index (χ2v) is 8.75. The molecule has 2 atom stereocenters. The van der Waals surface area contributed by atoms with E-state index in [-0.39, 0.29) is 18.9 Å². The number of oxazole rings is 1. The van der Waals surface area contributed by atoms with Crippen LogP contribution in [-0.4, -0.2) is 52.4 Å². The van der Waals surface area contributed by atoms with Crippen LogP contribution in [0.25, 0.3) is 11.1 Å². The molecule has 2 unspecified atom stereocenters. The Morgan fingerprint density at radius 2 is 1.97 bits per heavy atom. The maximum atomic E-state index is 13.1. The van der Waals surface area contributed by atoms with Crippen LogP contribution in [0.1, 0.15) is 12.3 Å². The lowest BCUT2D eigenvalue weighted by atomic mass is 10.2. The number of β-amino-alcohol motifs (C(OH)–C–C–N with tert-alkyl or cyclic N) is 1. The number of nitro benzene ring substituents is 1. The number of aliphatic hydroxyl groups excluding tert-OH is 1. The normalized spacial score (nSPS) is 19.5. The van der Waals surface area contributed by atoms with E-state index in [9.17, 15) is 28.4 Å². The van der Waals surface area contributed by atoms with Gasteiger partial charge in [-0.25, -0.2) is 13.4 Å². The molecule has 3 aromatic rings. The molecule has 1 aliphatic heterocycles. The highest BCUT2D eigenvalue weighted by atomic mass is 32.2. The van der Waals surface area contributed by atoms with Crippen molar-refractivity contribution in [2.24, 2.45) is 0 Å². The van der Waals surface area contributed by atoms with Gasteiger partial charge in [-0.2, -0.15) is 4.31 Å². The van der Waals surface area contributed by atoms with Crippen LogP contribution in [0, 0.1) is 10.1 Å². The predicted molar refractivity (Wildman–Crippen MR) is 105 cm³/mol. The van der Waals surface area contributed by atoms with Crippen LogP contribution in [0.4, 0.5) is 5.69 Å². The van der Waals surface area contributed by atoms with Crippen LogP contribution >= 0.6 is 0 Å². The summed E-state index contributed by atoms with van der Waals surface area (Å²) in [6, 6.07) is 10.4. The summed E-state index contributed by atoms with van der Waals surface area (Å²) < 4.78 is 37.5. The van der Waals surface area contributed by atoms with Crippen LogP contribution < -0.4 is 0 Å². The average Bonchev–Trinajstić information content (AvgIpc) is 3.35. The molecule has 0 bridgehead atoms. The molecule has 162 valence electrons. The Balaban J connectivity index is 1.56. The van der Waals surface area contributed by atoms with Gasteiger partial charge in [0.25, 0.3) is 15.7 Å². The van der Waals surface area contributed by atoms with Crippen molar-refractivity contribution < 1.29 is 32.4 Å². The third kappa shape index (κ3) is 4.00. The van der Waals surface area contributed by atoms with Gasteiger partial charge in [0.05, 0.1) is 11.0 Å². The summed E-state index contributed by atoms with van der Waals surface area (Å²) in [5.41, 5.74) is 0.457. The molecule has 1 aliphatic rings. The van der Waals surface area contributed by atoms with Crippen molar-refractivity contribution in [1.29, 1.82) is 0 Å². The largest absolute Gasteiger partial charge is 0.454 e. The van der Waals surface area contributed by atoms with E-state index in [1.54, 1.807) is 24.3 Å². The maximum Gasteiger partial charge on any atom is 0.325 e. The molecule has 0 radical (unpaired) electrons. The van der Waals surface area contributed by atoms with Gasteiger partial charge in [-0.05, 0) is 18.2 Å². The molecule has 2 aromatic carbocycles. The molecule has 11 nitrogen and oxygen atoms in total. The van der Waals surface area contributed by atoms with Gasteiger partial charge in [-0.15, -0.1) is 0 Å². The molecular weight excluding hydrogens is 430 g/mol. The Morgan fingerprint density at radius 3 is 2.71 bits per heavy atom. The lowest BCUT2D eigenvalue weighted by molar-refractivity contribution is -0.387. The zero-order valence-corrected chi connectivity index (χ0v) is 16.8. The summed E-state index contributed by atoms with van der Waals surface area (Å²) in [6.45, 7) is -0.726. The first-order chi connectivity index (χ1) is 14.8. The minimum Gasteiger partial charge on any atom is -0.454 e. The smallest absolute Gasteiger partial charge is 0.325 e. The summed E-state index contributed by atoms with van der Waals surface area (Å²) in [6.07, 6.45) is -1.33. The number of nitro groups is 1. The van der Waals surface area contributed by atoms with E-state index in [1.165, 1.54) is 12.1 Å². The molecule has 1 fully saturated rings. The minimum absolute atomic E-state index is 0.126.